The zero-order valence-corrected chi connectivity index (χ0v) is 14.2. The van der Waals surface area contributed by atoms with Crippen molar-refractivity contribution in [2.75, 3.05) is 13.7 Å². The number of hydrazone groups is 1. The van der Waals surface area contributed by atoms with Gasteiger partial charge in [-0.05, 0) is 55.7 Å². The average molecular weight is 312 g/mol. The molecule has 0 radical (unpaired) electrons. The minimum atomic E-state index is 0.525. The molecule has 0 spiro atoms. The normalized spacial score (nSPS) is 10.8. The lowest BCUT2D eigenvalue weighted by Gasteiger charge is -2.14. The summed E-state index contributed by atoms with van der Waals surface area (Å²) in [7, 11) is 1.77. The molecule has 2 aromatic rings. The van der Waals surface area contributed by atoms with E-state index in [1.807, 2.05) is 25.1 Å². The Hall–Kier alpha value is -2.49. The van der Waals surface area contributed by atoms with Crippen LogP contribution in [0.15, 0.2) is 41.5 Å². The Balaban J connectivity index is 2.18. The molecule has 0 bridgehead atoms. The van der Waals surface area contributed by atoms with Crippen molar-refractivity contribution >= 4 is 6.21 Å². The van der Waals surface area contributed by atoms with E-state index in [4.69, 9.17) is 9.47 Å². The molecule has 0 unspecified atom stereocenters. The van der Waals surface area contributed by atoms with Gasteiger partial charge in [-0.15, -0.1) is 0 Å². The first-order valence-electron chi connectivity index (χ1n) is 7.79. The number of nitrogens with one attached hydrogen (secondary N) is 1. The average Bonchev–Trinajstić information content (AvgIpc) is 2.55. The van der Waals surface area contributed by atoms with Crippen LogP contribution in [0.2, 0.25) is 0 Å². The third-order valence-electron chi connectivity index (χ3n) is 3.50. The van der Waals surface area contributed by atoms with Crippen LogP contribution in [0.25, 0.3) is 0 Å². The largest absolute Gasteiger partial charge is 0.490 e. The van der Waals surface area contributed by atoms with E-state index in [-0.39, 0.29) is 0 Å². The molecule has 1 N–H and O–H groups in total. The predicted molar refractivity (Wildman–Crippen MR) is 94.5 cm³/mol. The van der Waals surface area contributed by atoms with Crippen molar-refractivity contribution in [2.24, 2.45) is 5.10 Å². The Kier molecular flexibility index (Phi) is 6.03. The lowest BCUT2D eigenvalue weighted by molar-refractivity contribution is 0.269. The second kappa shape index (κ2) is 8.22. The fraction of sp³-hybridized carbons (Fsp3) is 0.316. The fourth-order valence-electron chi connectivity index (χ4n) is 2.24. The van der Waals surface area contributed by atoms with Crippen molar-refractivity contribution < 1.29 is 9.47 Å². The van der Waals surface area contributed by atoms with Crippen molar-refractivity contribution in [3.63, 3.8) is 0 Å². The maximum Gasteiger partial charge on any atom is 0.161 e. The first-order valence-corrected chi connectivity index (χ1v) is 7.79. The molecular formula is C19H24N2O2. The monoisotopic (exact) mass is 312 g/mol. The van der Waals surface area contributed by atoms with E-state index in [0.29, 0.717) is 13.2 Å². The molecule has 0 heterocycles. The van der Waals surface area contributed by atoms with Gasteiger partial charge in [0.05, 0.1) is 12.8 Å². The van der Waals surface area contributed by atoms with E-state index in [9.17, 15) is 0 Å². The van der Waals surface area contributed by atoms with Crippen LogP contribution in [-0.4, -0.2) is 19.9 Å². The molecule has 0 aliphatic rings. The Morgan fingerprint density at radius 3 is 2.61 bits per heavy atom. The molecule has 2 aromatic carbocycles. The molecule has 0 fully saturated rings. The Morgan fingerprint density at radius 1 is 1.04 bits per heavy atom. The van der Waals surface area contributed by atoms with Crippen molar-refractivity contribution in [3.8, 4) is 11.5 Å². The summed E-state index contributed by atoms with van der Waals surface area (Å²) in [5.74, 6) is 1.48. The van der Waals surface area contributed by atoms with Crippen LogP contribution in [0.3, 0.4) is 0 Å². The highest BCUT2D eigenvalue weighted by Crippen LogP contribution is 2.29. The lowest BCUT2D eigenvalue weighted by Crippen LogP contribution is -2.02. The molecule has 122 valence electrons. The van der Waals surface area contributed by atoms with Crippen LogP contribution in [0.4, 0.5) is 0 Å². The lowest BCUT2D eigenvalue weighted by atomic mass is 10.1. The van der Waals surface area contributed by atoms with E-state index in [1.165, 1.54) is 16.7 Å². The van der Waals surface area contributed by atoms with Gasteiger partial charge in [-0.1, -0.05) is 23.8 Å². The second-order valence-electron chi connectivity index (χ2n) is 5.34. The van der Waals surface area contributed by atoms with Crippen molar-refractivity contribution in [1.29, 1.82) is 0 Å². The van der Waals surface area contributed by atoms with Crippen LogP contribution in [-0.2, 0) is 6.61 Å². The van der Waals surface area contributed by atoms with Crippen molar-refractivity contribution in [1.82, 2.24) is 5.43 Å². The van der Waals surface area contributed by atoms with Gasteiger partial charge in [0.2, 0.25) is 0 Å². The van der Waals surface area contributed by atoms with Crippen molar-refractivity contribution in [2.45, 2.75) is 27.4 Å². The summed E-state index contributed by atoms with van der Waals surface area (Å²) < 4.78 is 11.7. The standard InChI is InChI=1S/C19H24N2O2/c1-5-22-19-11-16(12-21-20-4)8-9-18(19)23-13-17-10-14(2)6-7-15(17)3/h6-12,20H,5,13H2,1-4H3/b21-12+. The summed E-state index contributed by atoms with van der Waals surface area (Å²) in [5, 5.41) is 4.02. The highest BCUT2D eigenvalue weighted by atomic mass is 16.5. The highest BCUT2D eigenvalue weighted by Gasteiger charge is 2.07. The fourth-order valence-corrected chi connectivity index (χ4v) is 2.24. The Morgan fingerprint density at radius 2 is 1.87 bits per heavy atom. The van der Waals surface area contributed by atoms with Gasteiger partial charge in [-0.2, -0.15) is 5.10 Å². The first-order chi connectivity index (χ1) is 11.1. The smallest absolute Gasteiger partial charge is 0.161 e. The van der Waals surface area contributed by atoms with Gasteiger partial charge in [0.25, 0.3) is 0 Å². The van der Waals surface area contributed by atoms with Crippen LogP contribution in [0.1, 0.15) is 29.2 Å². The number of rotatable bonds is 7. The summed E-state index contributed by atoms with van der Waals surface area (Å²) in [6.45, 7) is 7.26. The third-order valence-corrected chi connectivity index (χ3v) is 3.50. The number of ether oxygens (including phenoxy) is 2. The molecule has 0 amide bonds. The maximum atomic E-state index is 5.99. The number of aryl methyl sites for hydroxylation is 2. The molecule has 2 rings (SSSR count). The van der Waals surface area contributed by atoms with E-state index < -0.39 is 0 Å². The van der Waals surface area contributed by atoms with Crippen LogP contribution < -0.4 is 14.9 Å². The SMILES string of the molecule is CCOc1cc(/C=N/NC)ccc1OCc1cc(C)ccc1C. The van der Waals surface area contributed by atoms with Crippen LogP contribution >= 0.6 is 0 Å². The van der Waals surface area contributed by atoms with Gasteiger partial charge >= 0.3 is 0 Å². The maximum absolute atomic E-state index is 5.99. The van der Waals surface area contributed by atoms with E-state index in [2.05, 4.69) is 42.6 Å². The number of hydrogen-bond acceptors (Lipinski definition) is 4. The summed E-state index contributed by atoms with van der Waals surface area (Å²) in [6, 6.07) is 12.2. The summed E-state index contributed by atoms with van der Waals surface area (Å²) in [4.78, 5) is 0. The minimum Gasteiger partial charge on any atom is -0.490 e. The summed E-state index contributed by atoms with van der Waals surface area (Å²) in [6.07, 6.45) is 1.75. The minimum absolute atomic E-state index is 0.525. The summed E-state index contributed by atoms with van der Waals surface area (Å²) in [5.41, 5.74) is 7.35. The van der Waals surface area contributed by atoms with E-state index >= 15 is 0 Å². The predicted octanol–water partition coefficient (Wildman–Crippen LogP) is 3.83. The molecule has 0 aromatic heterocycles. The Bertz CT molecular complexity index is 681. The molecule has 0 saturated carbocycles. The molecule has 23 heavy (non-hydrogen) atoms. The van der Waals surface area contributed by atoms with Gasteiger partial charge in [-0.3, -0.25) is 0 Å². The van der Waals surface area contributed by atoms with Crippen LogP contribution in [0.5, 0.6) is 11.5 Å². The molecule has 4 heteroatoms. The highest BCUT2D eigenvalue weighted by molar-refractivity contribution is 5.80. The number of hydrogen-bond donors (Lipinski definition) is 1. The molecular weight excluding hydrogens is 288 g/mol. The topological polar surface area (TPSA) is 42.8 Å². The third kappa shape index (κ3) is 4.74. The Labute approximate surface area is 138 Å². The first kappa shape index (κ1) is 16.9. The van der Waals surface area contributed by atoms with Gasteiger partial charge in [0, 0.05) is 7.05 Å². The van der Waals surface area contributed by atoms with Gasteiger partial charge in [0.15, 0.2) is 11.5 Å². The number of benzene rings is 2. The van der Waals surface area contributed by atoms with E-state index in [0.717, 1.165) is 17.1 Å². The molecule has 0 aliphatic heterocycles. The number of nitrogens with zero attached hydrogens (tertiary/aromatic N) is 1. The molecule has 0 atom stereocenters. The van der Waals surface area contributed by atoms with Crippen LogP contribution in [0, 0.1) is 13.8 Å². The zero-order valence-electron chi connectivity index (χ0n) is 14.2. The van der Waals surface area contributed by atoms with E-state index in [1.54, 1.807) is 13.3 Å². The summed E-state index contributed by atoms with van der Waals surface area (Å²) >= 11 is 0. The zero-order chi connectivity index (χ0) is 16.7. The quantitative estimate of drug-likeness (QED) is 0.624. The van der Waals surface area contributed by atoms with Crippen molar-refractivity contribution in [3.05, 3.63) is 58.7 Å². The van der Waals surface area contributed by atoms with Gasteiger partial charge in [0.1, 0.15) is 6.61 Å². The second-order valence-corrected chi connectivity index (χ2v) is 5.34. The molecule has 0 aliphatic carbocycles. The van der Waals surface area contributed by atoms with Gasteiger partial charge in [-0.25, -0.2) is 0 Å². The van der Waals surface area contributed by atoms with Gasteiger partial charge < -0.3 is 14.9 Å². The molecule has 4 nitrogen and oxygen atoms in total. The molecule has 0 saturated heterocycles.